The molecule has 0 spiro atoms. The highest BCUT2D eigenvalue weighted by Crippen LogP contribution is 2.44. The van der Waals surface area contributed by atoms with Gasteiger partial charge in [-0.3, -0.25) is 10.0 Å². The van der Waals surface area contributed by atoms with E-state index in [0.29, 0.717) is 13.1 Å². The monoisotopic (exact) mass is 662 g/mol. The lowest BCUT2D eigenvalue weighted by Crippen LogP contribution is -2.37. The first-order chi connectivity index (χ1) is 24.7. The average molecular weight is 663 g/mol. The number of amidine groups is 1. The van der Waals surface area contributed by atoms with Crippen LogP contribution in [0.4, 0.5) is 0 Å². The van der Waals surface area contributed by atoms with E-state index >= 15 is 0 Å². The van der Waals surface area contributed by atoms with E-state index in [1.165, 1.54) is 53.1 Å². The standard InChI is InChI=1S/C45H34N4S/c46-48(45(34-16-8-3-9-17-34)47-29-31-12-4-1-5-13-31)30-32-20-23-36(24-21-32)49-40-27-26-38-37-18-10-11-19-42(37)50-44(38)43(40)39-25-22-35(28-41(39)49)33-14-6-2-7-15-33/h1-28H,29-30,46H2. The number of benzene rings is 7. The Morgan fingerprint density at radius 1 is 0.580 bits per heavy atom. The largest absolute Gasteiger partial charge is 0.309 e. The molecular weight excluding hydrogens is 629 g/mol. The van der Waals surface area contributed by atoms with Crippen LogP contribution in [-0.2, 0) is 13.1 Å². The van der Waals surface area contributed by atoms with E-state index in [2.05, 4.69) is 138 Å². The van der Waals surface area contributed by atoms with Gasteiger partial charge in [0.1, 0.15) is 5.84 Å². The van der Waals surface area contributed by atoms with Gasteiger partial charge < -0.3 is 4.57 Å². The molecule has 2 heterocycles. The summed E-state index contributed by atoms with van der Waals surface area (Å²) in [5.41, 5.74) is 9.17. The molecule has 0 fully saturated rings. The lowest BCUT2D eigenvalue weighted by atomic mass is 10.0. The fourth-order valence-electron chi connectivity index (χ4n) is 7.08. The summed E-state index contributed by atoms with van der Waals surface area (Å²) in [6, 6.07) is 60.2. The molecule has 0 aliphatic heterocycles. The molecule has 5 heteroatoms. The van der Waals surface area contributed by atoms with E-state index in [0.717, 1.165) is 28.2 Å². The van der Waals surface area contributed by atoms with Crippen molar-refractivity contribution in [1.82, 2.24) is 9.58 Å². The van der Waals surface area contributed by atoms with Gasteiger partial charge in [-0.25, -0.2) is 5.84 Å². The van der Waals surface area contributed by atoms with Crippen molar-refractivity contribution in [1.29, 1.82) is 0 Å². The molecule has 0 aliphatic rings. The highest BCUT2D eigenvalue weighted by Gasteiger charge is 2.19. The van der Waals surface area contributed by atoms with Crippen molar-refractivity contribution >= 4 is 59.2 Å². The van der Waals surface area contributed by atoms with Crippen molar-refractivity contribution in [2.45, 2.75) is 13.1 Å². The number of aliphatic imine (C=N–C) groups is 1. The number of hydrogen-bond acceptors (Lipinski definition) is 3. The Labute approximate surface area is 295 Å². The number of thiophene rings is 1. The third-order valence-electron chi connectivity index (χ3n) is 9.49. The Kier molecular flexibility index (Phi) is 7.69. The van der Waals surface area contributed by atoms with Crippen LogP contribution in [0, 0.1) is 0 Å². The average Bonchev–Trinajstić information content (AvgIpc) is 3.72. The summed E-state index contributed by atoms with van der Waals surface area (Å²) in [5, 5.41) is 6.95. The summed E-state index contributed by atoms with van der Waals surface area (Å²) in [6.07, 6.45) is 0. The van der Waals surface area contributed by atoms with Crippen LogP contribution < -0.4 is 5.84 Å². The van der Waals surface area contributed by atoms with Crippen LogP contribution >= 0.6 is 11.3 Å². The summed E-state index contributed by atoms with van der Waals surface area (Å²) in [7, 11) is 0. The van der Waals surface area contributed by atoms with Gasteiger partial charge in [-0.15, -0.1) is 11.3 Å². The highest BCUT2D eigenvalue weighted by molar-refractivity contribution is 7.26. The number of hydrazine groups is 1. The molecule has 4 nitrogen and oxygen atoms in total. The van der Waals surface area contributed by atoms with E-state index in [4.69, 9.17) is 10.8 Å². The van der Waals surface area contributed by atoms with Crippen molar-refractivity contribution in [3.05, 3.63) is 187 Å². The zero-order valence-electron chi connectivity index (χ0n) is 27.4. The third-order valence-corrected chi connectivity index (χ3v) is 10.7. The molecule has 0 amide bonds. The molecule has 50 heavy (non-hydrogen) atoms. The summed E-state index contributed by atoms with van der Waals surface area (Å²) >= 11 is 1.88. The maximum absolute atomic E-state index is 6.78. The predicted octanol–water partition coefficient (Wildman–Crippen LogP) is 11.1. The SMILES string of the molecule is NN(Cc1ccc(-n2c3cc(-c4ccccc4)ccc3c3c4sc5ccccc5c4ccc32)cc1)C(=NCc1ccccc1)c1ccccc1. The van der Waals surface area contributed by atoms with Crippen LogP contribution in [0.5, 0.6) is 0 Å². The Bertz CT molecular complexity index is 2640. The summed E-state index contributed by atoms with van der Waals surface area (Å²) in [4.78, 5) is 4.97. The van der Waals surface area contributed by atoms with E-state index in [1.807, 2.05) is 47.7 Å². The van der Waals surface area contributed by atoms with Crippen molar-refractivity contribution in [2.75, 3.05) is 0 Å². The molecule has 9 aromatic rings. The Morgan fingerprint density at radius 2 is 1.26 bits per heavy atom. The Balaban J connectivity index is 1.13. The van der Waals surface area contributed by atoms with E-state index in [-0.39, 0.29) is 0 Å². The van der Waals surface area contributed by atoms with Gasteiger partial charge in [0.05, 0.1) is 24.1 Å². The zero-order valence-corrected chi connectivity index (χ0v) is 28.2. The summed E-state index contributed by atoms with van der Waals surface area (Å²) < 4.78 is 5.06. The van der Waals surface area contributed by atoms with Crippen LogP contribution in [0.15, 0.2) is 175 Å². The van der Waals surface area contributed by atoms with Crippen molar-refractivity contribution in [3.8, 4) is 16.8 Å². The van der Waals surface area contributed by atoms with Gasteiger partial charge in [-0.1, -0.05) is 140 Å². The Hall–Kier alpha value is -6.01. The van der Waals surface area contributed by atoms with Crippen molar-refractivity contribution < 1.29 is 0 Å². The fraction of sp³-hybridized carbons (Fsp3) is 0.0444. The smallest absolute Gasteiger partial charge is 0.145 e. The molecule has 0 atom stereocenters. The second-order valence-electron chi connectivity index (χ2n) is 12.7. The van der Waals surface area contributed by atoms with Crippen LogP contribution in [-0.4, -0.2) is 15.4 Å². The first-order valence-electron chi connectivity index (χ1n) is 16.9. The van der Waals surface area contributed by atoms with Crippen LogP contribution in [0.25, 0.3) is 58.8 Å². The highest BCUT2D eigenvalue weighted by atomic mass is 32.1. The number of nitrogens with zero attached hydrogens (tertiary/aromatic N) is 3. The molecule has 9 rings (SSSR count). The lowest BCUT2D eigenvalue weighted by molar-refractivity contribution is 0.433. The lowest BCUT2D eigenvalue weighted by Gasteiger charge is -2.22. The molecule has 0 aliphatic carbocycles. The molecule has 2 N–H and O–H groups in total. The van der Waals surface area contributed by atoms with Gasteiger partial charge in [0.25, 0.3) is 0 Å². The number of aromatic nitrogens is 1. The minimum Gasteiger partial charge on any atom is -0.309 e. The quantitative estimate of drug-likeness (QED) is 0.0799. The minimum atomic E-state index is 0.524. The normalized spacial score (nSPS) is 12.0. The number of hydrogen-bond donors (Lipinski definition) is 1. The van der Waals surface area contributed by atoms with Crippen molar-refractivity contribution in [2.24, 2.45) is 10.8 Å². The maximum atomic E-state index is 6.78. The second kappa shape index (κ2) is 12.8. The summed E-state index contributed by atoms with van der Waals surface area (Å²) in [5.74, 6) is 7.55. The maximum Gasteiger partial charge on any atom is 0.145 e. The number of rotatable bonds is 7. The molecule has 240 valence electrons. The van der Waals surface area contributed by atoms with Gasteiger partial charge in [0.15, 0.2) is 0 Å². The summed E-state index contributed by atoms with van der Waals surface area (Å²) in [6.45, 7) is 1.08. The van der Waals surface area contributed by atoms with Crippen LogP contribution in [0.2, 0.25) is 0 Å². The van der Waals surface area contributed by atoms with E-state index in [1.54, 1.807) is 5.01 Å². The van der Waals surface area contributed by atoms with E-state index < -0.39 is 0 Å². The molecule has 0 unspecified atom stereocenters. The molecule has 7 aromatic carbocycles. The number of fused-ring (bicyclic) bond motifs is 7. The van der Waals surface area contributed by atoms with Gasteiger partial charge in [-0.2, -0.15) is 0 Å². The first-order valence-corrected chi connectivity index (χ1v) is 17.7. The first kappa shape index (κ1) is 30.1. The molecule has 2 aromatic heterocycles. The molecule has 0 saturated carbocycles. The van der Waals surface area contributed by atoms with Gasteiger partial charge in [-0.05, 0) is 52.6 Å². The van der Waals surface area contributed by atoms with Crippen molar-refractivity contribution in [3.63, 3.8) is 0 Å². The van der Waals surface area contributed by atoms with Crippen LogP contribution in [0.3, 0.4) is 0 Å². The second-order valence-corrected chi connectivity index (χ2v) is 13.7. The topological polar surface area (TPSA) is 46.5 Å². The van der Waals surface area contributed by atoms with Crippen LogP contribution in [0.1, 0.15) is 16.7 Å². The minimum absolute atomic E-state index is 0.524. The van der Waals surface area contributed by atoms with Gasteiger partial charge >= 0.3 is 0 Å². The Morgan fingerprint density at radius 3 is 2.04 bits per heavy atom. The number of nitrogens with two attached hydrogens (primary N) is 1. The molecule has 0 saturated heterocycles. The zero-order chi connectivity index (χ0) is 33.4. The molecule has 0 bridgehead atoms. The third kappa shape index (κ3) is 5.43. The van der Waals surface area contributed by atoms with E-state index in [9.17, 15) is 0 Å². The molecule has 0 radical (unpaired) electrons. The molecular formula is C45H34N4S. The van der Waals surface area contributed by atoms with Gasteiger partial charge in [0, 0.05) is 42.2 Å². The van der Waals surface area contributed by atoms with Gasteiger partial charge in [0.2, 0.25) is 0 Å². The predicted molar refractivity (Wildman–Crippen MR) is 212 cm³/mol. The fourth-order valence-corrected chi connectivity index (χ4v) is 8.34.